The molecule has 9 nitrogen and oxygen atoms in total. The number of anilines is 1. The number of rotatable bonds is 10. The van der Waals surface area contributed by atoms with Gasteiger partial charge in [0.15, 0.2) is 16.8 Å². The number of thioether (sulfide) groups is 1. The predicted octanol–water partition coefficient (Wildman–Crippen LogP) is 2.14. The summed E-state index contributed by atoms with van der Waals surface area (Å²) >= 11 is 1.33. The van der Waals surface area contributed by atoms with Crippen LogP contribution in [0.1, 0.15) is 44.7 Å². The maximum atomic E-state index is 15.5. The smallest absolute Gasteiger partial charge is 0.233 e. The van der Waals surface area contributed by atoms with Crippen molar-refractivity contribution >= 4 is 29.9 Å². The standard InChI is InChI=1S/C22H35FN6O3S/c1-15-12-27(2)8-9-29(15)20-19(23)18(25-22(26-20)33-3)11-24-21(31)17(13-28(32)14-30)10-16-6-4-5-7-16/h14-17,32H,4-13H2,1-3H3,(H,24,31)/t15-,17+/m0/s1. The van der Waals surface area contributed by atoms with Gasteiger partial charge < -0.3 is 15.1 Å². The van der Waals surface area contributed by atoms with Crippen LogP contribution < -0.4 is 10.2 Å². The van der Waals surface area contributed by atoms with Crippen LogP contribution in [0, 0.1) is 17.7 Å². The Morgan fingerprint density at radius 2 is 2.09 bits per heavy atom. The molecule has 2 atom stereocenters. The molecule has 2 heterocycles. The van der Waals surface area contributed by atoms with Crippen LogP contribution in [-0.2, 0) is 16.1 Å². The lowest BCUT2D eigenvalue weighted by Crippen LogP contribution is -2.51. The molecule has 1 aromatic heterocycles. The van der Waals surface area contributed by atoms with E-state index in [1.165, 1.54) is 11.8 Å². The lowest BCUT2D eigenvalue weighted by Gasteiger charge is -2.39. The minimum Gasteiger partial charge on any atom is -0.350 e. The largest absolute Gasteiger partial charge is 0.350 e. The molecule has 11 heteroatoms. The van der Waals surface area contributed by atoms with E-state index in [1.54, 1.807) is 0 Å². The Labute approximate surface area is 199 Å². The van der Waals surface area contributed by atoms with Crippen LogP contribution in [0.4, 0.5) is 10.2 Å². The van der Waals surface area contributed by atoms with Gasteiger partial charge in [0.25, 0.3) is 0 Å². The van der Waals surface area contributed by atoms with E-state index in [9.17, 15) is 14.8 Å². The molecule has 1 aliphatic carbocycles. The summed E-state index contributed by atoms with van der Waals surface area (Å²) in [5.41, 5.74) is 0.139. The molecule has 0 aromatic carbocycles. The number of likely N-dealkylation sites (N-methyl/N-ethyl adjacent to an activating group) is 1. The fraction of sp³-hybridized carbons (Fsp3) is 0.727. The van der Waals surface area contributed by atoms with Crippen molar-refractivity contribution in [2.24, 2.45) is 11.8 Å². The fourth-order valence-electron chi connectivity index (χ4n) is 4.81. The number of nitrogens with zero attached hydrogens (tertiary/aromatic N) is 5. The van der Waals surface area contributed by atoms with Gasteiger partial charge in [0.05, 0.1) is 19.0 Å². The molecular weight excluding hydrogens is 447 g/mol. The second-order valence-electron chi connectivity index (χ2n) is 9.13. The minimum atomic E-state index is -0.564. The van der Waals surface area contributed by atoms with Gasteiger partial charge in [0, 0.05) is 25.7 Å². The van der Waals surface area contributed by atoms with E-state index in [0.29, 0.717) is 35.5 Å². The van der Waals surface area contributed by atoms with E-state index in [-0.39, 0.29) is 36.6 Å². The molecule has 3 rings (SSSR count). The Bertz CT molecular complexity index is 826. The quantitative estimate of drug-likeness (QED) is 0.172. The average Bonchev–Trinajstić information content (AvgIpc) is 3.31. The summed E-state index contributed by atoms with van der Waals surface area (Å²) in [6.45, 7) is 4.15. The molecule has 33 heavy (non-hydrogen) atoms. The molecule has 1 saturated carbocycles. The molecule has 1 aromatic rings. The highest BCUT2D eigenvalue weighted by Crippen LogP contribution is 2.31. The number of hydrogen-bond acceptors (Lipinski definition) is 8. The molecule has 1 saturated heterocycles. The lowest BCUT2D eigenvalue weighted by atomic mass is 9.92. The molecular formula is C22H35FN6O3S. The maximum Gasteiger partial charge on any atom is 0.233 e. The molecule has 2 fully saturated rings. The Hall–Kier alpha value is -1.98. The summed E-state index contributed by atoms with van der Waals surface area (Å²) in [5, 5.41) is 13.4. The van der Waals surface area contributed by atoms with Gasteiger partial charge in [-0.25, -0.2) is 19.4 Å². The summed E-state index contributed by atoms with van der Waals surface area (Å²) < 4.78 is 15.5. The molecule has 1 aliphatic heterocycles. The van der Waals surface area contributed by atoms with Gasteiger partial charge >= 0.3 is 0 Å². The van der Waals surface area contributed by atoms with Gasteiger partial charge in [0.2, 0.25) is 12.3 Å². The zero-order valence-electron chi connectivity index (χ0n) is 19.7. The molecule has 0 radical (unpaired) electrons. The number of carbonyl (C=O) groups excluding carboxylic acids is 2. The van der Waals surface area contributed by atoms with Crippen LogP contribution >= 0.6 is 11.8 Å². The van der Waals surface area contributed by atoms with Gasteiger partial charge in [-0.15, -0.1) is 0 Å². The third-order valence-electron chi connectivity index (χ3n) is 6.59. The molecule has 2 amide bonds. The first-order valence-electron chi connectivity index (χ1n) is 11.6. The molecule has 184 valence electrons. The topological polar surface area (TPSA) is 102 Å². The van der Waals surface area contributed by atoms with E-state index >= 15 is 4.39 Å². The third kappa shape index (κ3) is 6.77. The molecule has 2 N–H and O–H groups in total. The molecule has 0 bridgehead atoms. The average molecular weight is 483 g/mol. The van der Waals surface area contributed by atoms with E-state index in [0.717, 1.165) is 38.8 Å². The highest BCUT2D eigenvalue weighted by Gasteiger charge is 2.29. The summed E-state index contributed by atoms with van der Waals surface area (Å²) in [7, 11) is 2.04. The number of hydrogen-bond donors (Lipinski definition) is 2. The summed E-state index contributed by atoms with van der Waals surface area (Å²) in [6.07, 6.45) is 7.07. The number of amides is 2. The zero-order chi connectivity index (χ0) is 24.0. The van der Waals surface area contributed by atoms with Crippen molar-refractivity contribution in [3.8, 4) is 0 Å². The Morgan fingerprint density at radius 3 is 2.73 bits per heavy atom. The third-order valence-corrected chi connectivity index (χ3v) is 7.14. The Balaban J connectivity index is 1.74. The van der Waals surface area contributed by atoms with Gasteiger partial charge in [-0.3, -0.25) is 14.8 Å². The normalized spacial score (nSPS) is 20.6. The molecule has 2 aliphatic rings. The SMILES string of the molecule is CSc1nc(CNC(=O)[C@H](CC2CCCC2)CN(O)C=O)c(F)c(N2CCN(C)C[C@@H]2C)n1. The number of carbonyl (C=O) groups is 2. The minimum absolute atomic E-state index is 0.0798. The van der Waals surface area contributed by atoms with Crippen molar-refractivity contribution in [3.63, 3.8) is 0 Å². The predicted molar refractivity (Wildman–Crippen MR) is 125 cm³/mol. The maximum absolute atomic E-state index is 15.5. The summed E-state index contributed by atoms with van der Waals surface area (Å²) in [4.78, 5) is 36.7. The number of piperazine rings is 1. The summed E-state index contributed by atoms with van der Waals surface area (Å²) in [6, 6.07) is 0.0972. The first-order valence-corrected chi connectivity index (χ1v) is 12.8. The highest BCUT2D eigenvalue weighted by molar-refractivity contribution is 7.98. The number of halogens is 1. The van der Waals surface area contributed by atoms with Crippen molar-refractivity contribution in [1.82, 2.24) is 25.2 Å². The second kappa shape index (κ2) is 11.9. The van der Waals surface area contributed by atoms with Crippen molar-refractivity contribution < 1.29 is 19.2 Å². The van der Waals surface area contributed by atoms with Gasteiger partial charge in [-0.1, -0.05) is 37.4 Å². The van der Waals surface area contributed by atoms with Crippen LogP contribution in [0.5, 0.6) is 0 Å². The number of nitrogens with one attached hydrogen (secondary N) is 1. The van der Waals surface area contributed by atoms with Crippen LogP contribution in [0.2, 0.25) is 0 Å². The van der Waals surface area contributed by atoms with Crippen molar-refractivity contribution in [1.29, 1.82) is 0 Å². The Kier molecular flexibility index (Phi) is 9.27. The molecule has 0 unspecified atom stereocenters. The van der Waals surface area contributed by atoms with E-state index < -0.39 is 11.7 Å². The highest BCUT2D eigenvalue weighted by atomic mass is 32.2. The Morgan fingerprint density at radius 1 is 1.36 bits per heavy atom. The second-order valence-corrected chi connectivity index (χ2v) is 9.90. The van der Waals surface area contributed by atoms with Crippen molar-refractivity contribution in [3.05, 3.63) is 11.5 Å². The van der Waals surface area contributed by atoms with Crippen molar-refractivity contribution in [2.75, 3.05) is 44.4 Å². The van der Waals surface area contributed by atoms with Crippen LogP contribution in [0.15, 0.2) is 5.16 Å². The lowest BCUT2D eigenvalue weighted by molar-refractivity contribution is -0.155. The van der Waals surface area contributed by atoms with Gasteiger partial charge in [-0.05, 0) is 32.6 Å². The van der Waals surface area contributed by atoms with Crippen LogP contribution in [0.3, 0.4) is 0 Å². The van der Waals surface area contributed by atoms with E-state index in [1.807, 2.05) is 25.1 Å². The fourth-order valence-corrected chi connectivity index (χ4v) is 5.19. The molecule has 0 spiro atoms. The first-order chi connectivity index (χ1) is 15.8. The monoisotopic (exact) mass is 482 g/mol. The number of aromatic nitrogens is 2. The van der Waals surface area contributed by atoms with E-state index in [2.05, 4.69) is 20.2 Å². The number of hydroxylamine groups is 2. The van der Waals surface area contributed by atoms with E-state index in [4.69, 9.17) is 0 Å². The first kappa shape index (κ1) is 25.6. The van der Waals surface area contributed by atoms with Gasteiger partial charge in [0.1, 0.15) is 5.69 Å². The van der Waals surface area contributed by atoms with Crippen LogP contribution in [-0.4, -0.2) is 83.0 Å². The summed E-state index contributed by atoms with van der Waals surface area (Å²) in [5.74, 6) is -0.742. The van der Waals surface area contributed by atoms with Gasteiger partial charge in [-0.2, -0.15) is 0 Å². The zero-order valence-corrected chi connectivity index (χ0v) is 20.5. The van der Waals surface area contributed by atoms with Crippen molar-refractivity contribution in [2.45, 2.75) is 56.8 Å². The van der Waals surface area contributed by atoms with Crippen LogP contribution in [0.25, 0.3) is 0 Å².